The molecule has 162 valence electrons. The number of ether oxygens (including phenoxy) is 2. The van der Waals surface area contributed by atoms with E-state index < -0.39 is 11.7 Å². The normalized spacial score (nSPS) is 10.7. The number of methoxy groups -OCH3 is 2. The molecular weight excluding hydrogens is 437 g/mol. The van der Waals surface area contributed by atoms with Crippen LogP contribution in [0, 0.1) is 0 Å². The Kier molecular flexibility index (Phi) is 8.48. The smallest absolute Gasteiger partial charge is 0.416 e. The maximum atomic E-state index is 12.8. The first-order valence-corrected chi connectivity index (χ1v) is 9.53. The molecule has 0 saturated heterocycles. The molecule has 0 aliphatic carbocycles. The summed E-state index contributed by atoms with van der Waals surface area (Å²) in [6, 6.07) is 10.3. The van der Waals surface area contributed by atoms with Gasteiger partial charge in [0.05, 0.1) is 19.8 Å². The van der Waals surface area contributed by atoms with Crippen LogP contribution >= 0.6 is 24.4 Å². The Labute approximate surface area is 183 Å². The van der Waals surface area contributed by atoms with Crippen LogP contribution in [-0.2, 0) is 12.6 Å². The molecule has 0 aliphatic heterocycles. The van der Waals surface area contributed by atoms with Crippen molar-refractivity contribution in [1.82, 2.24) is 16.2 Å². The standard InChI is InChI=1S/C19H21F3N4O2S2/c1-27-15-7-6-12(10-16(15)28-2)8-9-23-17(29)25-26-18(30)24-14-5-3-4-13(11-14)19(20,21)22/h3-7,10-11H,8-9H2,1-2H3,(H2,23,25,29)(H2,24,26,30). The average Bonchev–Trinajstić information content (AvgIpc) is 2.71. The van der Waals surface area contributed by atoms with E-state index in [0.717, 1.165) is 17.7 Å². The molecule has 2 rings (SSSR count). The lowest BCUT2D eigenvalue weighted by molar-refractivity contribution is -0.137. The van der Waals surface area contributed by atoms with Crippen LogP contribution in [-0.4, -0.2) is 31.0 Å². The van der Waals surface area contributed by atoms with Crippen molar-refractivity contribution in [2.45, 2.75) is 12.6 Å². The fourth-order valence-electron chi connectivity index (χ4n) is 2.45. The largest absolute Gasteiger partial charge is 0.493 e. The number of halogens is 3. The Morgan fingerprint density at radius 3 is 2.30 bits per heavy atom. The van der Waals surface area contributed by atoms with Crippen molar-refractivity contribution in [2.24, 2.45) is 0 Å². The monoisotopic (exact) mass is 458 g/mol. The summed E-state index contributed by atoms with van der Waals surface area (Å²) in [5.74, 6) is 1.29. The van der Waals surface area contributed by atoms with E-state index >= 15 is 0 Å². The lowest BCUT2D eigenvalue weighted by Gasteiger charge is -2.15. The summed E-state index contributed by atoms with van der Waals surface area (Å²) in [6.07, 6.45) is -3.75. The zero-order valence-corrected chi connectivity index (χ0v) is 17.9. The SMILES string of the molecule is COc1ccc(CCNC(=S)NNC(=S)Nc2cccc(C(F)(F)F)c2)cc1OC. The van der Waals surface area contributed by atoms with Crippen LogP contribution in [0.4, 0.5) is 18.9 Å². The van der Waals surface area contributed by atoms with E-state index in [1.54, 1.807) is 14.2 Å². The van der Waals surface area contributed by atoms with E-state index in [2.05, 4.69) is 21.5 Å². The maximum absolute atomic E-state index is 12.8. The fourth-order valence-corrected chi connectivity index (χ4v) is 2.77. The maximum Gasteiger partial charge on any atom is 0.416 e. The summed E-state index contributed by atoms with van der Waals surface area (Å²) in [4.78, 5) is 0. The van der Waals surface area contributed by atoms with Gasteiger partial charge in [-0.25, -0.2) is 0 Å². The summed E-state index contributed by atoms with van der Waals surface area (Å²) in [5, 5.41) is 6.00. The van der Waals surface area contributed by atoms with Crippen LogP contribution < -0.4 is 31.0 Å². The highest BCUT2D eigenvalue weighted by atomic mass is 32.1. The number of benzene rings is 2. The molecule has 4 N–H and O–H groups in total. The highest BCUT2D eigenvalue weighted by Crippen LogP contribution is 2.30. The van der Waals surface area contributed by atoms with Crippen LogP contribution in [0.5, 0.6) is 11.5 Å². The molecule has 2 aromatic carbocycles. The van der Waals surface area contributed by atoms with E-state index in [1.807, 2.05) is 18.2 Å². The first-order valence-electron chi connectivity index (χ1n) is 8.72. The van der Waals surface area contributed by atoms with E-state index in [9.17, 15) is 13.2 Å². The van der Waals surface area contributed by atoms with Crippen LogP contribution in [0.3, 0.4) is 0 Å². The molecule has 0 heterocycles. The highest BCUT2D eigenvalue weighted by Gasteiger charge is 2.30. The summed E-state index contributed by atoms with van der Waals surface area (Å²) in [6.45, 7) is 0.539. The molecule has 0 saturated carbocycles. The van der Waals surface area contributed by atoms with Gasteiger partial charge in [0.2, 0.25) is 0 Å². The number of alkyl halides is 3. The molecule has 0 spiro atoms. The summed E-state index contributed by atoms with van der Waals surface area (Å²) in [5.41, 5.74) is 5.76. The number of hydrogen-bond acceptors (Lipinski definition) is 4. The Bertz CT molecular complexity index is 894. The molecule has 0 aromatic heterocycles. The van der Waals surface area contributed by atoms with Crippen molar-refractivity contribution in [2.75, 3.05) is 26.1 Å². The van der Waals surface area contributed by atoms with E-state index in [4.69, 9.17) is 33.9 Å². The Morgan fingerprint density at radius 2 is 1.63 bits per heavy atom. The van der Waals surface area contributed by atoms with Gasteiger partial charge >= 0.3 is 6.18 Å². The van der Waals surface area contributed by atoms with Crippen LogP contribution in [0.25, 0.3) is 0 Å². The van der Waals surface area contributed by atoms with Crippen molar-refractivity contribution < 1.29 is 22.6 Å². The molecule has 0 aliphatic rings. The van der Waals surface area contributed by atoms with Gasteiger partial charge in [-0.05, 0) is 66.8 Å². The van der Waals surface area contributed by atoms with Gasteiger partial charge in [-0.15, -0.1) is 0 Å². The first kappa shape index (κ1) is 23.5. The van der Waals surface area contributed by atoms with E-state index in [0.29, 0.717) is 24.5 Å². The predicted molar refractivity (Wildman–Crippen MR) is 118 cm³/mol. The molecule has 11 heteroatoms. The molecule has 0 bridgehead atoms. The lowest BCUT2D eigenvalue weighted by Crippen LogP contribution is -2.48. The minimum absolute atomic E-state index is 0.0679. The Morgan fingerprint density at radius 1 is 0.933 bits per heavy atom. The molecular formula is C19H21F3N4O2S2. The second kappa shape index (κ2) is 10.8. The highest BCUT2D eigenvalue weighted by molar-refractivity contribution is 7.80. The van der Waals surface area contributed by atoms with Crippen molar-refractivity contribution in [3.05, 3.63) is 53.6 Å². The molecule has 2 aromatic rings. The zero-order valence-electron chi connectivity index (χ0n) is 16.2. The van der Waals surface area contributed by atoms with Crippen molar-refractivity contribution in [3.63, 3.8) is 0 Å². The van der Waals surface area contributed by atoms with Gasteiger partial charge in [0.25, 0.3) is 0 Å². The third kappa shape index (κ3) is 7.23. The summed E-state index contributed by atoms with van der Waals surface area (Å²) >= 11 is 10.2. The van der Waals surface area contributed by atoms with E-state index in [1.165, 1.54) is 12.1 Å². The number of nitrogens with one attached hydrogen (secondary N) is 4. The third-order valence-electron chi connectivity index (χ3n) is 3.88. The number of rotatable bonds is 6. The Balaban J connectivity index is 1.75. The third-order valence-corrected chi connectivity index (χ3v) is 4.34. The minimum Gasteiger partial charge on any atom is -0.493 e. The molecule has 30 heavy (non-hydrogen) atoms. The van der Waals surface area contributed by atoms with Gasteiger partial charge in [-0.1, -0.05) is 12.1 Å². The molecule has 0 amide bonds. The van der Waals surface area contributed by atoms with Crippen LogP contribution in [0.15, 0.2) is 42.5 Å². The van der Waals surface area contributed by atoms with E-state index in [-0.39, 0.29) is 15.9 Å². The molecule has 6 nitrogen and oxygen atoms in total. The van der Waals surface area contributed by atoms with Gasteiger partial charge in [0.1, 0.15) is 0 Å². The fraction of sp³-hybridized carbons (Fsp3) is 0.263. The lowest BCUT2D eigenvalue weighted by atomic mass is 10.1. The average molecular weight is 459 g/mol. The van der Waals surface area contributed by atoms with Crippen LogP contribution in [0.1, 0.15) is 11.1 Å². The van der Waals surface area contributed by atoms with Crippen LogP contribution in [0.2, 0.25) is 0 Å². The van der Waals surface area contributed by atoms with Gasteiger partial charge in [-0.2, -0.15) is 13.2 Å². The molecule has 0 atom stereocenters. The van der Waals surface area contributed by atoms with Gasteiger partial charge in [-0.3, -0.25) is 10.9 Å². The number of hydrogen-bond donors (Lipinski definition) is 4. The van der Waals surface area contributed by atoms with Crippen molar-refractivity contribution >= 4 is 40.3 Å². The second-order valence-corrected chi connectivity index (χ2v) is 6.79. The van der Waals surface area contributed by atoms with Gasteiger partial charge in [0, 0.05) is 12.2 Å². The first-order chi connectivity index (χ1) is 14.2. The quantitative estimate of drug-likeness (QED) is 0.387. The number of hydrazine groups is 1. The molecule has 0 unspecified atom stereocenters. The molecule has 0 fully saturated rings. The molecule has 0 radical (unpaired) electrons. The number of anilines is 1. The summed E-state index contributed by atoms with van der Waals surface area (Å²) in [7, 11) is 3.14. The zero-order chi connectivity index (χ0) is 22.1. The summed E-state index contributed by atoms with van der Waals surface area (Å²) < 4.78 is 48.7. The second-order valence-electron chi connectivity index (χ2n) is 5.98. The van der Waals surface area contributed by atoms with Crippen molar-refractivity contribution in [1.29, 1.82) is 0 Å². The predicted octanol–water partition coefficient (Wildman–Crippen LogP) is 3.63. The Hall–Kier alpha value is -2.79. The van der Waals surface area contributed by atoms with Crippen molar-refractivity contribution in [3.8, 4) is 11.5 Å². The van der Waals surface area contributed by atoms with Gasteiger partial charge < -0.3 is 20.1 Å². The van der Waals surface area contributed by atoms with Gasteiger partial charge in [0.15, 0.2) is 21.7 Å². The topological polar surface area (TPSA) is 66.6 Å². The minimum atomic E-state index is -4.43. The number of thiocarbonyl (C=S) groups is 2.